The van der Waals surface area contributed by atoms with Gasteiger partial charge in [0, 0.05) is 10.0 Å². The fraction of sp³-hybridized carbons (Fsp3) is 0.0909. The van der Waals surface area contributed by atoms with E-state index in [4.69, 9.17) is 15.7 Å². The zero-order valence-corrected chi connectivity index (χ0v) is 10.5. The first-order valence-corrected chi connectivity index (χ1v) is 5.27. The lowest BCUT2D eigenvalue weighted by Gasteiger charge is -2.07. The van der Waals surface area contributed by atoms with Crippen molar-refractivity contribution in [3.63, 3.8) is 0 Å². The largest absolute Gasteiger partial charge is 0.504 e. The molecule has 0 spiro atoms. The zero-order valence-electron chi connectivity index (χ0n) is 8.90. The SMILES string of the molecule is COc1cc(Br)cc(/C=C(\C#N)C(N)=O)c1O. The van der Waals surface area contributed by atoms with Crippen LogP contribution in [0.4, 0.5) is 0 Å². The third-order valence-corrected chi connectivity index (χ3v) is 2.43. The molecule has 0 bridgehead atoms. The molecule has 3 N–H and O–H groups in total. The summed E-state index contributed by atoms with van der Waals surface area (Å²) in [6, 6.07) is 4.75. The molecule has 0 fully saturated rings. The highest BCUT2D eigenvalue weighted by atomic mass is 79.9. The number of nitriles is 1. The van der Waals surface area contributed by atoms with E-state index < -0.39 is 5.91 Å². The van der Waals surface area contributed by atoms with Crippen molar-refractivity contribution < 1.29 is 14.6 Å². The summed E-state index contributed by atoms with van der Waals surface area (Å²) in [7, 11) is 1.40. The molecule has 0 unspecified atom stereocenters. The lowest BCUT2D eigenvalue weighted by Crippen LogP contribution is -2.12. The van der Waals surface area contributed by atoms with Crippen molar-refractivity contribution in [3.8, 4) is 17.6 Å². The van der Waals surface area contributed by atoms with Gasteiger partial charge in [-0.2, -0.15) is 5.26 Å². The highest BCUT2D eigenvalue weighted by molar-refractivity contribution is 9.10. The number of methoxy groups -OCH3 is 1. The minimum absolute atomic E-state index is 0.162. The van der Waals surface area contributed by atoms with Gasteiger partial charge in [0.1, 0.15) is 11.6 Å². The summed E-state index contributed by atoms with van der Waals surface area (Å²) < 4.78 is 5.57. The summed E-state index contributed by atoms with van der Waals surface area (Å²) in [5.41, 5.74) is 5.02. The number of benzene rings is 1. The van der Waals surface area contributed by atoms with Crippen molar-refractivity contribution in [3.05, 3.63) is 27.7 Å². The minimum atomic E-state index is -0.856. The summed E-state index contributed by atoms with van der Waals surface area (Å²) in [4.78, 5) is 10.9. The Morgan fingerprint density at radius 2 is 2.29 bits per heavy atom. The number of nitrogens with two attached hydrogens (primary N) is 1. The van der Waals surface area contributed by atoms with Crippen LogP contribution in [-0.2, 0) is 4.79 Å². The number of hydrogen-bond donors (Lipinski definition) is 2. The van der Waals surface area contributed by atoms with Crippen LogP contribution < -0.4 is 10.5 Å². The van der Waals surface area contributed by atoms with Gasteiger partial charge in [-0.05, 0) is 18.2 Å². The number of ether oxygens (including phenoxy) is 1. The van der Waals surface area contributed by atoms with Gasteiger partial charge >= 0.3 is 0 Å². The average Bonchev–Trinajstić information content (AvgIpc) is 2.29. The quantitative estimate of drug-likeness (QED) is 0.653. The molecule has 88 valence electrons. The Labute approximate surface area is 106 Å². The maximum absolute atomic E-state index is 10.9. The third kappa shape index (κ3) is 2.98. The van der Waals surface area contributed by atoms with Gasteiger partial charge in [-0.3, -0.25) is 4.79 Å². The second kappa shape index (κ2) is 5.37. The van der Waals surface area contributed by atoms with Gasteiger partial charge in [0.15, 0.2) is 11.5 Å². The number of primary amides is 1. The maximum Gasteiger partial charge on any atom is 0.259 e. The van der Waals surface area contributed by atoms with Crippen LogP contribution in [0.3, 0.4) is 0 Å². The summed E-state index contributed by atoms with van der Waals surface area (Å²) in [5, 5.41) is 18.5. The molecular formula is C11H9BrN2O3. The monoisotopic (exact) mass is 296 g/mol. The maximum atomic E-state index is 10.9. The predicted molar refractivity (Wildman–Crippen MR) is 65.1 cm³/mol. The molecule has 6 heteroatoms. The van der Waals surface area contributed by atoms with Gasteiger partial charge in [-0.1, -0.05) is 15.9 Å². The molecule has 17 heavy (non-hydrogen) atoms. The number of rotatable bonds is 3. The molecule has 0 atom stereocenters. The Morgan fingerprint density at radius 3 is 2.76 bits per heavy atom. The molecule has 0 aromatic heterocycles. The molecule has 0 saturated heterocycles. The Balaban J connectivity index is 3.37. The lowest BCUT2D eigenvalue weighted by molar-refractivity contribution is -0.114. The molecule has 1 aromatic carbocycles. The Bertz CT molecular complexity index is 532. The van der Waals surface area contributed by atoms with Crippen LogP contribution in [0, 0.1) is 11.3 Å². The van der Waals surface area contributed by atoms with E-state index in [0.717, 1.165) is 0 Å². The summed E-state index contributed by atoms with van der Waals surface area (Å²) in [5.74, 6) is -0.789. The number of halogens is 1. The van der Waals surface area contributed by atoms with Gasteiger partial charge < -0.3 is 15.6 Å². The van der Waals surface area contributed by atoms with E-state index >= 15 is 0 Å². The number of nitrogens with zero attached hydrogens (tertiary/aromatic N) is 1. The van der Waals surface area contributed by atoms with Gasteiger partial charge in [0.25, 0.3) is 5.91 Å². The summed E-state index contributed by atoms with van der Waals surface area (Å²) >= 11 is 3.22. The molecule has 1 rings (SSSR count). The molecule has 0 radical (unpaired) electrons. The van der Waals surface area contributed by atoms with Gasteiger partial charge in [0.05, 0.1) is 7.11 Å². The topological polar surface area (TPSA) is 96.3 Å². The predicted octanol–water partition coefficient (Wildman–Crippen LogP) is 1.56. The molecule has 0 aliphatic carbocycles. The number of aromatic hydroxyl groups is 1. The number of carbonyl (C=O) groups excluding carboxylic acids is 1. The number of phenolic OH excluding ortho intramolecular Hbond substituents is 1. The van der Waals surface area contributed by atoms with Crippen LogP contribution in [0.15, 0.2) is 22.2 Å². The van der Waals surface area contributed by atoms with E-state index in [-0.39, 0.29) is 22.6 Å². The van der Waals surface area contributed by atoms with E-state index in [2.05, 4.69) is 15.9 Å². The van der Waals surface area contributed by atoms with Crippen LogP contribution in [0.2, 0.25) is 0 Å². The van der Waals surface area contributed by atoms with E-state index in [1.54, 1.807) is 12.1 Å². The first-order valence-electron chi connectivity index (χ1n) is 4.47. The zero-order chi connectivity index (χ0) is 13.0. The Hall–Kier alpha value is -2.00. The van der Waals surface area contributed by atoms with Crippen molar-refractivity contribution in [1.29, 1.82) is 5.26 Å². The first-order chi connectivity index (χ1) is 7.99. The van der Waals surface area contributed by atoms with Crippen molar-refractivity contribution in [2.24, 2.45) is 5.73 Å². The molecule has 0 heterocycles. The highest BCUT2D eigenvalue weighted by Gasteiger charge is 2.11. The molecule has 5 nitrogen and oxygen atoms in total. The number of phenols is 1. The minimum Gasteiger partial charge on any atom is -0.504 e. The van der Waals surface area contributed by atoms with Crippen LogP contribution in [-0.4, -0.2) is 18.1 Å². The normalized spacial score (nSPS) is 10.8. The van der Waals surface area contributed by atoms with Crippen LogP contribution >= 0.6 is 15.9 Å². The van der Waals surface area contributed by atoms with Crippen molar-refractivity contribution in [2.45, 2.75) is 0 Å². The molecule has 0 aliphatic heterocycles. The smallest absolute Gasteiger partial charge is 0.259 e. The van der Waals surface area contributed by atoms with Crippen molar-refractivity contribution in [2.75, 3.05) is 7.11 Å². The van der Waals surface area contributed by atoms with Crippen molar-refractivity contribution >= 4 is 27.9 Å². The van der Waals surface area contributed by atoms with Crippen LogP contribution in [0.1, 0.15) is 5.56 Å². The van der Waals surface area contributed by atoms with E-state index in [1.165, 1.54) is 19.3 Å². The number of amides is 1. The highest BCUT2D eigenvalue weighted by Crippen LogP contribution is 2.34. The summed E-state index contributed by atoms with van der Waals surface area (Å²) in [6.45, 7) is 0. The van der Waals surface area contributed by atoms with E-state index in [9.17, 15) is 9.90 Å². The Kier molecular flexibility index (Phi) is 4.12. The number of hydrogen-bond acceptors (Lipinski definition) is 4. The lowest BCUT2D eigenvalue weighted by atomic mass is 10.1. The fourth-order valence-electron chi connectivity index (χ4n) is 1.17. The molecular weight excluding hydrogens is 288 g/mol. The third-order valence-electron chi connectivity index (χ3n) is 1.97. The molecule has 1 aromatic rings. The van der Waals surface area contributed by atoms with Crippen molar-refractivity contribution in [1.82, 2.24) is 0 Å². The molecule has 0 aliphatic rings. The second-order valence-corrected chi connectivity index (χ2v) is 4.00. The summed E-state index contributed by atoms with van der Waals surface area (Å²) in [6.07, 6.45) is 1.20. The first kappa shape index (κ1) is 13.1. The Morgan fingerprint density at radius 1 is 1.65 bits per heavy atom. The fourth-order valence-corrected chi connectivity index (χ4v) is 1.63. The molecule has 1 amide bonds. The average molecular weight is 297 g/mol. The van der Waals surface area contributed by atoms with Crippen LogP contribution in [0.5, 0.6) is 11.5 Å². The van der Waals surface area contributed by atoms with Gasteiger partial charge in [-0.25, -0.2) is 0 Å². The standard InChI is InChI=1S/C11H9BrN2O3/c1-17-9-4-8(12)3-6(10(9)15)2-7(5-13)11(14)16/h2-4,15H,1H3,(H2,14,16)/b7-2+. The van der Waals surface area contributed by atoms with Gasteiger partial charge in [-0.15, -0.1) is 0 Å². The van der Waals surface area contributed by atoms with Crippen LogP contribution in [0.25, 0.3) is 6.08 Å². The number of carbonyl (C=O) groups is 1. The molecule has 0 saturated carbocycles. The van der Waals surface area contributed by atoms with E-state index in [0.29, 0.717) is 4.47 Å². The van der Waals surface area contributed by atoms with E-state index in [1.807, 2.05) is 0 Å². The second-order valence-electron chi connectivity index (χ2n) is 3.08. The van der Waals surface area contributed by atoms with Gasteiger partial charge in [0.2, 0.25) is 0 Å².